The molecule has 0 aromatic carbocycles. The minimum absolute atomic E-state index is 0.0224. The fourth-order valence-electron chi connectivity index (χ4n) is 3.32. The van der Waals surface area contributed by atoms with Crippen molar-refractivity contribution in [3.63, 3.8) is 0 Å². The Morgan fingerprint density at radius 1 is 1.35 bits per heavy atom. The van der Waals surface area contributed by atoms with Crippen molar-refractivity contribution in [1.82, 2.24) is 0 Å². The largest absolute Gasteiger partial charge is 0.466 e. The summed E-state index contributed by atoms with van der Waals surface area (Å²) in [6.45, 7) is 6.38. The normalized spacial score (nSPS) is 45.2. The Morgan fingerprint density at radius 2 is 2.10 bits per heavy atom. The minimum atomic E-state index is -0.650. The molecule has 2 heterocycles. The zero-order chi connectivity index (χ0) is 14.5. The second-order valence-electron chi connectivity index (χ2n) is 5.99. The highest BCUT2D eigenvalue weighted by atomic mass is 16.7. The molecule has 3 fully saturated rings. The maximum Gasteiger partial charge on any atom is 0.312 e. The summed E-state index contributed by atoms with van der Waals surface area (Å²) in [5.74, 6) is -1.07. The number of ether oxygens (including phenoxy) is 5. The number of carbonyl (C=O) groups is 1. The predicted molar refractivity (Wildman–Crippen MR) is 68.0 cm³/mol. The van der Waals surface area contributed by atoms with E-state index in [2.05, 4.69) is 0 Å². The lowest BCUT2D eigenvalue weighted by molar-refractivity contribution is -0.338. The van der Waals surface area contributed by atoms with Gasteiger partial charge in [0.25, 0.3) is 0 Å². The number of methoxy groups -OCH3 is 1. The van der Waals surface area contributed by atoms with Crippen LogP contribution in [0.3, 0.4) is 0 Å². The third kappa shape index (κ3) is 2.24. The fourth-order valence-corrected chi connectivity index (χ4v) is 3.32. The zero-order valence-electron chi connectivity index (χ0n) is 12.3. The molecule has 3 aliphatic rings. The van der Waals surface area contributed by atoms with Crippen LogP contribution in [0.25, 0.3) is 0 Å². The Morgan fingerprint density at radius 3 is 2.75 bits per heavy atom. The average molecular weight is 286 g/mol. The SMILES string of the molecule is CCOC(=O)[C@@H]1[C@H]2OC3COC(C)(C)O[C@H]3[C@H](OC)[C@H]21. The van der Waals surface area contributed by atoms with E-state index in [0.29, 0.717) is 13.2 Å². The number of hydrogen-bond acceptors (Lipinski definition) is 6. The molecule has 0 radical (unpaired) electrons. The second-order valence-corrected chi connectivity index (χ2v) is 5.99. The second kappa shape index (κ2) is 4.94. The molecule has 6 nitrogen and oxygen atoms in total. The molecular formula is C14H22O6. The van der Waals surface area contributed by atoms with Crippen LogP contribution in [-0.4, -0.2) is 56.5 Å². The van der Waals surface area contributed by atoms with E-state index in [0.717, 1.165) is 0 Å². The Kier molecular flexibility index (Phi) is 3.52. The van der Waals surface area contributed by atoms with Crippen molar-refractivity contribution < 1.29 is 28.5 Å². The molecule has 2 saturated heterocycles. The maximum absolute atomic E-state index is 11.9. The topological polar surface area (TPSA) is 63.2 Å². The molecule has 114 valence electrons. The molecule has 0 aromatic rings. The Balaban J connectivity index is 1.75. The highest BCUT2D eigenvalue weighted by Gasteiger charge is 2.68. The first-order valence-corrected chi connectivity index (χ1v) is 7.15. The Bertz CT molecular complexity index is 395. The maximum atomic E-state index is 11.9. The van der Waals surface area contributed by atoms with Gasteiger partial charge < -0.3 is 23.7 Å². The lowest BCUT2D eigenvalue weighted by Crippen LogP contribution is -2.58. The van der Waals surface area contributed by atoms with Crippen molar-refractivity contribution in [1.29, 1.82) is 0 Å². The van der Waals surface area contributed by atoms with Crippen LogP contribution in [-0.2, 0) is 28.5 Å². The van der Waals surface area contributed by atoms with Crippen LogP contribution in [0.15, 0.2) is 0 Å². The molecule has 1 saturated carbocycles. The molecule has 6 heteroatoms. The van der Waals surface area contributed by atoms with Gasteiger partial charge in [-0.1, -0.05) is 0 Å². The van der Waals surface area contributed by atoms with Gasteiger partial charge >= 0.3 is 5.97 Å². The van der Waals surface area contributed by atoms with Crippen LogP contribution >= 0.6 is 0 Å². The first kappa shape index (κ1) is 14.3. The van der Waals surface area contributed by atoms with Crippen LogP contribution in [0.5, 0.6) is 0 Å². The lowest BCUT2D eigenvalue weighted by Gasteiger charge is -2.45. The first-order chi connectivity index (χ1) is 9.48. The van der Waals surface area contributed by atoms with E-state index in [-0.39, 0.29) is 42.2 Å². The van der Waals surface area contributed by atoms with Crippen molar-refractivity contribution in [3.05, 3.63) is 0 Å². The van der Waals surface area contributed by atoms with Crippen LogP contribution in [0, 0.1) is 11.8 Å². The zero-order valence-corrected chi connectivity index (χ0v) is 12.3. The minimum Gasteiger partial charge on any atom is -0.466 e. The molecule has 6 atom stereocenters. The van der Waals surface area contributed by atoms with Gasteiger partial charge in [-0.05, 0) is 20.8 Å². The van der Waals surface area contributed by atoms with Crippen LogP contribution < -0.4 is 0 Å². The molecule has 0 aromatic heterocycles. The standard InChI is InChI=1S/C14H22O6/c1-5-17-13(15)9-8-11(9)19-7-6-18-14(2,3)20-10(7)12(8)16-4/h7-12H,5-6H2,1-4H3/t7?,8-,9-,10+,11-,12+/m0/s1. The molecule has 1 aliphatic carbocycles. The smallest absolute Gasteiger partial charge is 0.312 e. The summed E-state index contributed by atoms with van der Waals surface area (Å²) >= 11 is 0. The van der Waals surface area contributed by atoms with Crippen molar-refractivity contribution in [3.8, 4) is 0 Å². The highest BCUT2D eigenvalue weighted by Crippen LogP contribution is 2.53. The van der Waals surface area contributed by atoms with Gasteiger partial charge in [-0.15, -0.1) is 0 Å². The molecular weight excluding hydrogens is 264 g/mol. The number of rotatable bonds is 3. The molecule has 3 rings (SSSR count). The van der Waals surface area contributed by atoms with Crippen LogP contribution in [0.2, 0.25) is 0 Å². The fraction of sp³-hybridized carbons (Fsp3) is 0.929. The van der Waals surface area contributed by atoms with Gasteiger partial charge in [-0.2, -0.15) is 0 Å². The molecule has 0 amide bonds. The molecule has 0 spiro atoms. The molecule has 0 bridgehead atoms. The van der Waals surface area contributed by atoms with Gasteiger partial charge in [0, 0.05) is 13.0 Å². The number of carbonyl (C=O) groups excluding carboxylic acids is 1. The average Bonchev–Trinajstić information content (AvgIpc) is 3.09. The summed E-state index contributed by atoms with van der Waals surface area (Å²) in [7, 11) is 1.65. The van der Waals surface area contributed by atoms with Crippen LogP contribution in [0.1, 0.15) is 20.8 Å². The number of esters is 1. The van der Waals surface area contributed by atoms with E-state index in [9.17, 15) is 4.79 Å². The predicted octanol–water partition coefficient (Wildman–Crippen LogP) is 0.729. The molecule has 1 unspecified atom stereocenters. The van der Waals surface area contributed by atoms with E-state index in [1.54, 1.807) is 14.0 Å². The summed E-state index contributed by atoms with van der Waals surface area (Å²) in [4.78, 5) is 11.9. The summed E-state index contributed by atoms with van der Waals surface area (Å²) in [5, 5.41) is 0. The van der Waals surface area contributed by atoms with E-state index in [1.807, 2.05) is 13.8 Å². The van der Waals surface area contributed by atoms with Crippen molar-refractivity contribution in [2.45, 2.75) is 51.0 Å². The van der Waals surface area contributed by atoms with Gasteiger partial charge in [0.05, 0.1) is 31.3 Å². The van der Waals surface area contributed by atoms with Gasteiger partial charge in [0.2, 0.25) is 0 Å². The van der Waals surface area contributed by atoms with E-state index in [1.165, 1.54) is 0 Å². The summed E-state index contributed by atoms with van der Waals surface area (Å²) < 4.78 is 28.2. The monoisotopic (exact) mass is 286 g/mol. The van der Waals surface area contributed by atoms with E-state index < -0.39 is 5.79 Å². The summed E-state index contributed by atoms with van der Waals surface area (Å²) in [6, 6.07) is 0. The van der Waals surface area contributed by atoms with Gasteiger partial charge in [-0.25, -0.2) is 0 Å². The Labute approximate surface area is 118 Å². The van der Waals surface area contributed by atoms with Gasteiger partial charge in [-0.3, -0.25) is 4.79 Å². The van der Waals surface area contributed by atoms with Crippen molar-refractivity contribution >= 4 is 5.97 Å². The van der Waals surface area contributed by atoms with E-state index >= 15 is 0 Å². The first-order valence-electron chi connectivity index (χ1n) is 7.15. The third-order valence-corrected chi connectivity index (χ3v) is 4.25. The van der Waals surface area contributed by atoms with Crippen LogP contribution in [0.4, 0.5) is 0 Å². The quantitative estimate of drug-likeness (QED) is 0.713. The van der Waals surface area contributed by atoms with E-state index in [4.69, 9.17) is 23.7 Å². The van der Waals surface area contributed by atoms with Gasteiger partial charge in [0.15, 0.2) is 5.79 Å². The summed E-state index contributed by atoms with van der Waals surface area (Å²) in [5.41, 5.74) is 0. The Hall–Kier alpha value is -0.690. The lowest BCUT2D eigenvalue weighted by atomic mass is 9.99. The number of hydrogen-bond donors (Lipinski definition) is 0. The van der Waals surface area contributed by atoms with Gasteiger partial charge in [0.1, 0.15) is 12.2 Å². The molecule has 0 N–H and O–H groups in total. The third-order valence-electron chi connectivity index (χ3n) is 4.25. The molecule has 20 heavy (non-hydrogen) atoms. The number of fused-ring (bicyclic) bond motifs is 2. The highest BCUT2D eigenvalue weighted by molar-refractivity contribution is 5.77. The summed E-state index contributed by atoms with van der Waals surface area (Å²) in [6.07, 6.45) is -0.678. The molecule has 2 aliphatic heterocycles. The van der Waals surface area contributed by atoms with Crippen molar-refractivity contribution in [2.24, 2.45) is 11.8 Å². The van der Waals surface area contributed by atoms with Crippen molar-refractivity contribution in [2.75, 3.05) is 20.3 Å².